The molecule has 4 rings (SSSR count). The number of carbonyl (C=O) groups excluding carboxylic acids is 1. The summed E-state index contributed by atoms with van der Waals surface area (Å²) in [5.74, 6) is 1.17. The van der Waals surface area contributed by atoms with Gasteiger partial charge in [-0.15, -0.1) is 0 Å². The topological polar surface area (TPSA) is 59.9 Å². The first-order valence-electron chi connectivity index (χ1n) is 11.0. The van der Waals surface area contributed by atoms with E-state index in [-0.39, 0.29) is 12.3 Å². The lowest BCUT2D eigenvalue weighted by atomic mass is 10.1. The third-order valence-corrected chi connectivity index (χ3v) is 5.94. The van der Waals surface area contributed by atoms with Crippen LogP contribution in [-0.4, -0.2) is 18.7 Å². The van der Waals surface area contributed by atoms with Crippen LogP contribution < -0.4 is 14.9 Å². The summed E-state index contributed by atoms with van der Waals surface area (Å²) in [7, 11) is 0. The van der Waals surface area contributed by atoms with Crippen molar-refractivity contribution < 1.29 is 14.3 Å². The van der Waals surface area contributed by atoms with Gasteiger partial charge in [0.05, 0.1) is 22.8 Å². The number of hydrazone groups is 1. The molecular weight excluding hydrogens is 539 g/mol. The Balaban J connectivity index is 1.43. The third-order valence-electron chi connectivity index (χ3n) is 5.14. The van der Waals surface area contributed by atoms with Crippen LogP contribution in [0.2, 0.25) is 0 Å². The molecule has 0 bridgehead atoms. The summed E-state index contributed by atoms with van der Waals surface area (Å²) in [5.41, 5.74) is 5.42. The van der Waals surface area contributed by atoms with Crippen molar-refractivity contribution in [3.05, 3.63) is 105 Å². The summed E-state index contributed by atoms with van der Waals surface area (Å²) in [5, 5.41) is 6.50. The molecule has 0 saturated carbocycles. The number of fused-ring (bicyclic) bond motifs is 1. The average molecular weight is 564 g/mol. The van der Waals surface area contributed by atoms with Gasteiger partial charge >= 0.3 is 0 Å². The molecule has 0 fully saturated rings. The molecular formula is C28H25IN2O3. The summed E-state index contributed by atoms with van der Waals surface area (Å²) in [6.45, 7) is 2.88. The summed E-state index contributed by atoms with van der Waals surface area (Å²) < 4.78 is 12.9. The van der Waals surface area contributed by atoms with Crippen LogP contribution in [0.25, 0.3) is 10.8 Å². The average Bonchev–Trinajstić information content (AvgIpc) is 2.84. The molecule has 1 amide bonds. The first-order valence-corrected chi connectivity index (χ1v) is 12.1. The summed E-state index contributed by atoms with van der Waals surface area (Å²) in [4.78, 5) is 12.1. The van der Waals surface area contributed by atoms with Crippen LogP contribution in [0.1, 0.15) is 23.6 Å². The number of nitrogens with zero attached hydrogens (tertiary/aromatic N) is 1. The largest absolute Gasteiger partial charge is 0.490 e. The Labute approximate surface area is 212 Å². The first-order chi connectivity index (χ1) is 16.6. The summed E-state index contributed by atoms with van der Waals surface area (Å²) >= 11 is 2.23. The van der Waals surface area contributed by atoms with Crippen LogP contribution in [0.3, 0.4) is 0 Å². The Hall–Kier alpha value is -3.39. The lowest BCUT2D eigenvalue weighted by molar-refractivity contribution is -0.120. The third kappa shape index (κ3) is 6.35. The highest BCUT2D eigenvalue weighted by atomic mass is 127. The van der Waals surface area contributed by atoms with Crippen molar-refractivity contribution >= 4 is 45.5 Å². The molecule has 5 nitrogen and oxygen atoms in total. The zero-order valence-electron chi connectivity index (χ0n) is 18.8. The van der Waals surface area contributed by atoms with Crippen molar-refractivity contribution in [3.63, 3.8) is 0 Å². The normalized spacial score (nSPS) is 11.0. The monoisotopic (exact) mass is 564 g/mol. The van der Waals surface area contributed by atoms with Crippen molar-refractivity contribution in [2.24, 2.45) is 5.10 Å². The van der Waals surface area contributed by atoms with Gasteiger partial charge < -0.3 is 9.47 Å². The van der Waals surface area contributed by atoms with Crippen LogP contribution in [0.15, 0.2) is 90.0 Å². The standard InChI is InChI=1S/C28H25IN2O3/c1-2-33-26-16-22(18-30-31-27(32)17-20-8-4-3-5-9-20)15-25(29)28(26)34-19-21-12-13-23-10-6-7-11-24(23)14-21/h3-16,18H,2,17,19H2,1H3,(H,31,32)/b30-18+. The fourth-order valence-corrected chi connectivity index (χ4v) is 4.33. The molecule has 0 heterocycles. The van der Waals surface area contributed by atoms with Crippen molar-refractivity contribution in [1.82, 2.24) is 5.43 Å². The van der Waals surface area contributed by atoms with Gasteiger partial charge in [0.15, 0.2) is 11.5 Å². The van der Waals surface area contributed by atoms with E-state index in [1.165, 1.54) is 10.8 Å². The summed E-state index contributed by atoms with van der Waals surface area (Å²) in [6, 6.07) is 28.0. The molecule has 0 aliphatic heterocycles. The number of ether oxygens (including phenoxy) is 2. The molecule has 0 spiro atoms. The predicted octanol–water partition coefficient (Wildman–Crippen LogP) is 6.11. The molecule has 0 aliphatic rings. The molecule has 34 heavy (non-hydrogen) atoms. The molecule has 172 valence electrons. The van der Waals surface area contributed by atoms with E-state index in [1.54, 1.807) is 6.21 Å². The number of hydrogen-bond acceptors (Lipinski definition) is 4. The van der Waals surface area contributed by atoms with Crippen LogP contribution >= 0.6 is 22.6 Å². The van der Waals surface area contributed by atoms with E-state index in [9.17, 15) is 4.79 Å². The highest BCUT2D eigenvalue weighted by molar-refractivity contribution is 14.1. The predicted molar refractivity (Wildman–Crippen MR) is 144 cm³/mol. The Kier molecular flexibility index (Phi) is 8.14. The van der Waals surface area contributed by atoms with Gasteiger partial charge in [-0.2, -0.15) is 5.10 Å². The molecule has 0 aromatic heterocycles. The van der Waals surface area contributed by atoms with Gasteiger partial charge in [-0.25, -0.2) is 5.43 Å². The Morgan fingerprint density at radius 2 is 1.68 bits per heavy atom. The molecule has 4 aromatic carbocycles. The molecule has 4 aromatic rings. The highest BCUT2D eigenvalue weighted by Gasteiger charge is 2.12. The van der Waals surface area contributed by atoms with Crippen molar-refractivity contribution in [2.45, 2.75) is 20.0 Å². The minimum absolute atomic E-state index is 0.169. The Morgan fingerprint density at radius 3 is 2.47 bits per heavy atom. The van der Waals surface area contributed by atoms with Gasteiger partial charge in [0, 0.05) is 0 Å². The number of carbonyl (C=O) groups is 1. The van der Waals surface area contributed by atoms with Gasteiger partial charge in [-0.1, -0.05) is 66.7 Å². The SMILES string of the molecule is CCOc1cc(/C=N/NC(=O)Cc2ccccc2)cc(I)c1OCc1ccc2ccccc2c1. The van der Waals surface area contributed by atoms with E-state index < -0.39 is 0 Å². The molecule has 0 saturated heterocycles. The van der Waals surface area contributed by atoms with E-state index in [0.29, 0.717) is 24.7 Å². The van der Waals surface area contributed by atoms with Gasteiger partial charge in [0.2, 0.25) is 5.91 Å². The Bertz CT molecular complexity index is 1310. The van der Waals surface area contributed by atoms with Crippen LogP contribution in [-0.2, 0) is 17.8 Å². The molecule has 6 heteroatoms. The van der Waals surface area contributed by atoms with E-state index in [1.807, 2.05) is 61.5 Å². The number of nitrogens with one attached hydrogen (secondary N) is 1. The Morgan fingerprint density at radius 1 is 0.912 bits per heavy atom. The van der Waals surface area contributed by atoms with Crippen LogP contribution in [0.4, 0.5) is 0 Å². The summed E-state index contributed by atoms with van der Waals surface area (Å²) in [6.07, 6.45) is 1.89. The van der Waals surface area contributed by atoms with Gasteiger partial charge in [-0.3, -0.25) is 4.79 Å². The van der Waals surface area contributed by atoms with Gasteiger partial charge in [0.1, 0.15) is 6.61 Å². The van der Waals surface area contributed by atoms with E-state index in [0.717, 1.165) is 20.3 Å². The van der Waals surface area contributed by atoms with Crippen molar-refractivity contribution in [2.75, 3.05) is 6.61 Å². The van der Waals surface area contributed by atoms with Gasteiger partial charge in [-0.05, 0) is 75.2 Å². The van der Waals surface area contributed by atoms with E-state index in [2.05, 4.69) is 63.4 Å². The number of hydrogen-bond donors (Lipinski definition) is 1. The van der Waals surface area contributed by atoms with E-state index >= 15 is 0 Å². The zero-order chi connectivity index (χ0) is 23.8. The second kappa shape index (κ2) is 11.7. The van der Waals surface area contributed by atoms with Crippen molar-refractivity contribution in [3.8, 4) is 11.5 Å². The van der Waals surface area contributed by atoms with Crippen molar-refractivity contribution in [1.29, 1.82) is 0 Å². The maximum Gasteiger partial charge on any atom is 0.244 e. The zero-order valence-corrected chi connectivity index (χ0v) is 21.0. The number of halogens is 1. The smallest absolute Gasteiger partial charge is 0.244 e. The fourth-order valence-electron chi connectivity index (χ4n) is 3.55. The number of amides is 1. The van der Waals surface area contributed by atoms with Crippen LogP contribution in [0, 0.1) is 3.57 Å². The molecule has 0 atom stereocenters. The van der Waals surface area contributed by atoms with E-state index in [4.69, 9.17) is 9.47 Å². The second-order valence-corrected chi connectivity index (χ2v) is 8.85. The molecule has 0 unspecified atom stereocenters. The minimum Gasteiger partial charge on any atom is -0.490 e. The maximum atomic E-state index is 12.1. The highest BCUT2D eigenvalue weighted by Crippen LogP contribution is 2.34. The number of benzene rings is 4. The van der Waals surface area contributed by atoms with Gasteiger partial charge in [0.25, 0.3) is 0 Å². The lowest BCUT2D eigenvalue weighted by Crippen LogP contribution is -2.19. The minimum atomic E-state index is -0.169. The molecule has 0 radical (unpaired) electrons. The molecule has 0 aliphatic carbocycles. The lowest BCUT2D eigenvalue weighted by Gasteiger charge is -2.15. The second-order valence-electron chi connectivity index (χ2n) is 7.69. The number of rotatable bonds is 9. The maximum absolute atomic E-state index is 12.1. The molecule has 1 N–H and O–H groups in total. The van der Waals surface area contributed by atoms with Crippen LogP contribution in [0.5, 0.6) is 11.5 Å². The quantitative estimate of drug-likeness (QED) is 0.152. The fraction of sp³-hybridized carbons (Fsp3) is 0.143. The first kappa shape index (κ1) is 23.8.